The molecule has 14 heavy (non-hydrogen) atoms. The molecule has 1 radical (unpaired) electrons. The van der Waals surface area contributed by atoms with E-state index in [0.29, 0.717) is 6.04 Å². The van der Waals surface area contributed by atoms with Crippen LogP contribution in [0.2, 0.25) is 0 Å². The van der Waals surface area contributed by atoms with Gasteiger partial charge < -0.3 is 0 Å². The molecule has 0 spiro atoms. The summed E-state index contributed by atoms with van der Waals surface area (Å²) in [6, 6.07) is 8.35. The van der Waals surface area contributed by atoms with Crippen molar-refractivity contribution in [2.45, 2.75) is 32.4 Å². The maximum absolute atomic E-state index is 13.3. The highest BCUT2D eigenvalue weighted by Gasteiger charge is 2.20. The van der Waals surface area contributed by atoms with Crippen LogP contribution in [0.5, 0.6) is 0 Å². The van der Waals surface area contributed by atoms with Gasteiger partial charge in [0.25, 0.3) is 0 Å². The van der Waals surface area contributed by atoms with Gasteiger partial charge in [-0.2, -0.15) is 0 Å². The number of benzene rings is 1. The average molecular weight is 192 g/mol. The number of hydrogen-bond donors (Lipinski definition) is 0. The van der Waals surface area contributed by atoms with Gasteiger partial charge in [0.05, 0.1) is 0 Å². The molecule has 1 nitrogen and oxygen atoms in total. The van der Waals surface area contributed by atoms with Crippen LogP contribution in [0, 0.1) is 11.9 Å². The van der Waals surface area contributed by atoms with Gasteiger partial charge >= 0.3 is 0 Å². The van der Waals surface area contributed by atoms with Gasteiger partial charge in [0.1, 0.15) is 5.82 Å². The Morgan fingerprint density at radius 1 is 1.64 bits per heavy atom. The minimum atomic E-state index is -0.133. The van der Waals surface area contributed by atoms with Crippen molar-refractivity contribution in [3.8, 4) is 0 Å². The summed E-state index contributed by atoms with van der Waals surface area (Å²) in [5.74, 6) is -0.133. The Bertz CT molecular complexity index is 311. The maximum Gasteiger partial charge on any atom is 0.128 e. The molecule has 1 atom stereocenters. The fourth-order valence-electron chi connectivity index (χ4n) is 2.02. The number of nitrogens with zero attached hydrogens (tertiary/aromatic N) is 1. The van der Waals surface area contributed by atoms with E-state index < -0.39 is 0 Å². The van der Waals surface area contributed by atoms with Crippen molar-refractivity contribution < 1.29 is 4.39 Å². The van der Waals surface area contributed by atoms with Crippen LogP contribution in [0.25, 0.3) is 0 Å². The average Bonchev–Trinajstić information content (AvgIpc) is 2.56. The largest absolute Gasteiger partial charge is 0.296 e. The Morgan fingerprint density at radius 3 is 3.14 bits per heavy atom. The lowest BCUT2D eigenvalue weighted by Gasteiger charge is -2.20. The first-order valence-corrected chi connectivity index (χ1v) is 5.16. The van der Waals surface area contributed by atoms with Crippen LogP contribution in [-0.4, -0.2) is 17.5 Å². The van der Waals surface area contributed by atoms with Gasteiger partial charge in [-0.25, -0.2) is 4.39 Å². The molecule has 2 heteroatoms. The Kier molecular flexibility index (Phi) is 2.82. The summed E-state index contributed by atoms with van der Waals surface area (Å²) in [6.45, 7) is 4.04. The van der Waals surface area contributed by atoms with E-state index in [2.05, 4.69) is 17.9 Å². The van der Waals surface area contributed by atoms with Crippen molar-refractivity contribution in [2.75, 3.05) is 6.54 Å². The first-order valence-electron chi connectivity index (χ1n) is 5.16. The molecule has 1 aliphatic heterocycles. The zero-order valence-electron chi connectivity index (χ0n) is 8.46. The van der Waals surface area contributed by atoms with Crippen molar-refractivity contribution in [1.29, 1.82) is 0 Å². The molecule has 1 fully saturated rings. The van der Waals surface area contributed by atoms with Crippen molar-refractivity contribution >= 4 is 0 Å². The molecule has 1 saturated heterocycles. The van der Waals surface area contributed by atoms with E-state index in [1.54, 1.807) is 6.07 Å². The Morgan fingerprint density at radius 2 is 2.50 bits per heavy atom. The second-order valence-electron chi connectivity index (χ2n) is 3.98. The first kappa shape index (κ1) is 9.66. The predicted molar refractivity (Wildman–Crippen MR) is 54.3 cm³/mol. The van der Waals surface area contributed by atoms with Gasteiger partial charge in [-0.05, 0) is 38.4 Å². The monoisotopic (exact) mass is 192 g/mol. The molecule has 1 heterocycles. The third-order valence-corrected chi connectivity index (χ3v) is 2.96. The van der Waals surface area contributed by atoms with Crippen molar-refractivity contribution in [2.24, 2.45) is 0 Å². The SMILES string of the molecule is C[C@H]1CCCN1Cc1cc[c]cc1F. The standard InChI is InChI=1S/C12H15FN/c1-10-5-4-8-14(10)9-11-6-2-3-7-12(11)13/h2,6-7,10H,4-5,8-9H2,1H3/t10-/m0/s1. The highest BCUT2D eigenvalue weighted by Crippen LogP contribution is 2.20. The Hall–Kier alpha value is -0.890. The van der Waals surface area contributed by atoms with Crippen LogP contribution in [0.3, 0.4) is 0 Å². The predicted octanol–water partition coefficient (Wildman–Crippen LogP) is 2.61. The molecule has 1 aromatic rings. The summed E-state index contributed by atoms with van der Waals surface area (Å²) in [7, 11) is 0. The molecule has 0 bridgehead atoms. The Balaban J connectivity index is 2.07. The molecule has 0 N–H and O–H groups in total. The van der Waals surface area contributed by atoms with Gasteiger partial charge in [0.15, 0.2) is 0 Å². The van der Waals surface area contributed by atoms with E-state index in [1.807, 2.05) is 6.07 Å². The van der Waals surface area contributed by atoms with E-state index in [9.17, 15) is 4.39 Å². The minimum absolute atomic E-state index is 0.133. The van der Waals surface area contributed by atoms with E-state index in [0.717, 1.165) is 18.7 Å². The molecular formula is C12H15FN. The van der Waals surface area contributed by atoms with Gasteiger partial charge in [0.2, 0.25) is 0 Å². The summed E-state index contributed by atoms with van der Waals surface area (Å²) in [4.78, 5) is 2.33. The molecule has 0 aliphatic carbocycles. The van der Waals surface area contributed by atoms with Crippen LogP contribution >= 0.6 is 0 Å². The van der Waals surface area contributed by atoms with Crippen LogP contribution in [0.4, 0.5) is 4.39 Å². The summed E-state index contributed by atoms with van der Waals surface area (Å²) >= 11 is 0. The molecule has 75 valence electrons. The zero-order chi connectivity index (χ0) is 9.97. The normalized spacial score (nSPS) is 22.9. The third kappa shape index (κ3) is 1.95. The number of rotatable bonds is 2. The van der Waals surface area contributed by atoms with Crippen LogP contribution < -0.4 is 0 Å². The summed E-state index contributed by atoms with van der Waals surface area (Å²) < 4.78 is 13.3. The Labute approximate surface area is 84.5 Å². The van der Waals surface area contributed by atoms with Crippen molar-refractivity contribution in [3.63, 3.8) is 0 Å². The fourth-order valence-corrected chi connectivity index (χ4v) is 2.02. The molecule has 0 amide bonds. The molecule has 0 aromatic heterocycles. The molecular weight excluding hydrogens is 177 g/mol. The first-order chi connectivity index (χ1) is 6.77. The van der Waals surface area contributed by atoms with E-state index in [1.165, 1.54) is 18.9 Å². The van der Waals surface area contributed by atoms with Crippen LogP contribution in [0.1, 0.15) is 25.3 Å². The molecule has 1 aliphatic rings. The third-order valence-electron chi connectivity index (χ3n) is 2.96. The number of likely N-dealkylation sites (tertiary alicyclic amines) is 1. The van der Waals surface area contributed by atoms with Gasteiger partial charge in [-0.15, -0.1) is 0 Å². The summed E-state index contributed by atoms with van der Waals surface area (Å²) in [6.07, 6.45) is 2.47. The summed E-state index contributed by atoms with van der Waals surface area (Å²) in [5, 5.41) is 0. The highest BCUT2D eigenvalue weighted by atomic mass is 19.1. The zero-order valence-corrected chi connectivity index (χ0v) is 8.46. The number of halogens is 1. The second-order valence-corrected chi connectivity index (χ2v) is 3.98. The molecule has 2 rings (SSSR count). The lowest BCUT2D eigenvalue weighted by Crippen LogP contribution is -2.26. The van der Waals surface area contributed by atoms with Crippen LogP contribution in [-0.2, 0) is 6.54 Å². The van der Waals surface area contributed by atoms with E-state index >= 15 is 0 Å². The van der Waals surface area contributed by atoms with Crippen LogP contribution in [0.15, 0.2) is 18.2 Å². The van der Waals surface area contributed by atoms with E-state index in [4.69, 9.17) is 0 Å². The van der Waals surface area contributed by atoms with Crippen molar-refractivity contribution in [3.05, 3.63) is 35.6 Å². The quantitative estimate of drug-likeness (QED) is 0.696. The number of hydrogen-bond acceptors (Lipinski definition) is 1. The fraction of sp³-hybridized carbons (Fsp3) is 0.500. The van der Waals surface area contributed by atoms with Gasteiger partial charge in [0, 0.05) is 18.2 Å². The van der Waals surface area contributed by atoms with Gasteiger partial charge in [-0.3, -0.25) is 4.90 Å². The van der Waals surface area contributed by atoms with Crippen molar-refractivity contribution in [1.82, 2.24) is 4.90 Å². The maximum atomic E-state index is 13.3. The summed E-state index contributed by atoms with van der Waals surface area (Å²) in [5.41, 5.74) is 0.789. The molecule has 1 aromatic carbocycles. The molecule has 0 saturated carbocycles. The topological polar surface area (TPSA) is 3.24 Å². The lowest BCUT2D eigenvalue weighted by atomic mass is 10.2. The second kappa shape index (κ2) is 4.09. The lowest BCUT2D eigenvalue weighted by molar-refractivity contribution is 0.256. The highest BCUT2D eigenvalue weighted by molar-refractivity contribution is 5.16. The smallest absolute Gasteiger partial charge is 0.128 e. The minimum Gasteiger partial charge on any atom is -0.296 e. The van der Waals surface area contributed by atoms with E-state index in [-0.39, 0.29) is 5.82 Å². The molecule has 0 unspecified atom stereocenters. The van der Waals surface area contributed by atoms with Gasteiger partial charge in [-0.1, -0.05) is 12.1 Å².